The Morgan fingerprint density at radius 2 is 1.74 bits per heavy atom. The molecule has 0 spiro atoms. The highest BCUT2D eigenvalue weighted by molar-refractivity contribution is 5.96. The van der Waals surface area contributed by atoms with Gasteiger partial charge in [0.25, 0.3) is 5.91 Å². The molecule has 3 aromatic rings. The molecule has 0 radical (unpaired) electrons. The number of hydrogen-bond donors (Lipinski definition) is 3. The summed E-state index contributed by atoms with van der Waals surface area (Å²) in [5.41, 5.74) is 2.25. The molecule has 5 nitrogen and oxygen atoms in total. The van der Waals surface area contributed by atoms with Gasteiger partial charge in [0.15, 0.2) is 0 Å². The molecule has 0 aliphatic rings. The number of aliphatic carboxylic acids is 1. The lowest BCUT2D eigenvalue weighted by atomic mass is 10.0. The van der Waals surface area contributed by atoms with Gasteiger partial charge in [0.2, 0.25) is 0 Å². The first-order chi connectivity index (χ1) is 11.1. The number of aromatic nitrogens is 1. The number of carboxylic acids is 1. The summed E-state index contributed by atoms with van der Waals surface area (Å²) in [7, 11) is 0. The van der Waals surface area contributed by atoms with Crippen LogP contribution in [0.3, 0.4) is 0 Å². The minimum atomic E-state index is -1.06. The molecule has 116 valence electrons. The van der Waals surface area contributed by atoms with Gasteiger partial charge in [-0.25, -0.2) is 4.79 Å². The van der Waals surface area contributed by atoms with E-state index in [4.69, 9.17) is 0 Å². The van der Waals surface area contributed by atoms with Crippen LogP contribution < -0.4 is 5.32 Å². The van der Waals surface area contributed by atoms with Crippen molar-refractivity contribution in [3.8, 4) is 0 Å². The third-order valence-corrected chi connectivity index (χ3v) is 3.74. The number of fused-ring (bicyclic) bond motifs is 1. The lowest BCUT2D eigenvalue weighted by Crippen LogP contribution is -2.42. The van der Waals surface area contributed by atoms with E-state index in [0.29, 0.717) is 5.56 Å². The van der Waals surface area contributed by atoms with Crippen LogP contribution >= 0.6 is 0 Å². The number of aromatic amines is 1. The standard InChI is InChI=1S/C18H16N2O3/c21-17(12-6-2-1-3-7-12)20-16(18(22)23)10-13-11-19-15-9-5-4-8-14(13)15/h1-9,11,16,19H,10H2,(H,20,21)(H,22,23)/t16-/m0/s1. The second-order valence-corrected chi connectivity index (χ2v) is 5.29. The van der Waals surface area contributed by atoms with Crippen LogP contribution in [0.2, 0.25) is 0 Å². The maximum absolute atomic E-state index is 12.2. The molecule has 0 aliphatic heterocycles. The first-order valence-electron chi connectivity index (χ1n) is 7.29. The van der Waals surface area contributed by atoms with Crippen LogP contribution in [0.4, 0.5) is 0 Å². The second kappa shape index (κ2) is 6.36. The number of rotatable bonds is 5. The molecular formula is C18H16N2O3. The minimum absolute atomic E-state index is 0.220. The van der Waals surface area contributed by atoms with E-state index in [0.717, 1.165) is 16.5 Å². The van der Waals surface area contributed by atoms with E-state index in [9.17, 15) is 14.7 Å². The maximum Gasteiger partial charge on any atom is 0.326 e. The van der Waals surface area contributed by atoms with Crippen molar-refractivity contribution >= 4 is 22.8 Å². The number of benzene rings is 2. The number of carbonyl (C=O) groups excluding carboxylic acids is 1. The highest BCUT2D eigenvalue weighted by Gasteiger charge is 2.22. The molecule has 3 N–H and O–H groups in total. The van der Waals surface area contributed by atoms with Gasteiger partial charge in [-0.05, 0) is 23.8 Å². The van der Waals surface area contributed by atoms with E-state index in [2.05, 4.69) is 10.3 Å². The van der Waals surface area contributed by atoms with Gasteiger partial charge in [-0.2, -0.15) is 0 Å². The lowest BCUT2D eigenvalue weighted by Gasteiger charge is -2.14. The van der Waals surface area contributed by atoms with Gasteiger partial charge in [0, 0.05) is 29.1 Å². The summed E-state index contributed by atoms with van der Waals surface area (Å²) >= 11 is 0. The van der Waals surface area contributed by atoms with Crippen LogP contribution in [-0.2, 0) is 11.2 Å². The molecule has 1 amide bonds. The summed E-state index contributed by atoms with van der Waals surface area (Å²) in [5.74, 6) is -1.45. The van der Waals surface area contributed by atoms with E-state index in [1.807, 2.05) is 24.3 Å². The number of H-pyrrole nitrogens is 1. The number of hydrogen-bond acceptors (Lipinski definition) is 2. The molecule has 1 aromatic heterocycles. The number of nitrogens with one attached hydrogen (secondary N) is 2. The van der Waals surface area contributed by atoms with Crippen LogP contribution in [0, 0.1) is 0 Å². The zero-order valence-corrected chi connectivity index (χ0v) is 12.3. The quantitative estimate of drug-likeness (QED) is 0.677. The van der Waals surface area contributed by atoms with Gasteiger partial charge in [0.1, 0.15) is 6.04 Å². The Hall–Kier alpha value is -3.08. The molecule has 2 aromatic carbocycles. The van der Waals surface area contributed by atoms with E-state index >= 15 is 0 Å². The zero-order chi connectivity index (χ0) is 16.2. The van der Waals surface area contributed by atoms with Crippen LogP contribution in [0.1, 0.15) is 15.9 Å². The summed E-state index contributed by atoms with van der Waals surface area (Å²) < 4.78 is 0. The van der Waals surface area contributed by atoms with Gasteiger partial charge in [-0.15, -0.1) is 0 Å². The monoisotopic (exact) mass is 308 g/mol. The van der Waals surface area contributed by atoms with Gasteiger partial charge in [0.05, 0.1) is 0 Å². The molecule has 0 fully saturated rings. The molecule has 5 heteroatoms. The second-order valence-electron chi connectivity index (χ2n) is 5.29. The van der Waals surface area contributed by atoms with Gasteiger partial charge >= 0.3 is 5.97 Å². The highest BCUT2D eigenvalue weighted by Crippen LogP contribution is 2.19. The molecule has 1 atom stereocenters. The van der Waals surface area contributed by atoms with Crippen molar-refractivity contribution in [1.29, 1.82) is 0 Å². The molecule has 0 saturated heterocycles. The Bertz CT molecular complexity index is 840. The summed E-state index contributed by atoms with van der Waals surface area (Å²) in [5, 5.41) is 13.0. The molecular weight excluding hydrogens is 292 g/mol. The Kier molecular flexibility index (Phi) is 4.10. The fourth-order valence-corrected chi connectivity index (χ4v) is 2.55. The number of carboxylic acid groups (broad SMARTS) is 1. The maximum atomic E-state index is 12.2. The average molecular weight is 308 g/mol. The summed E-state index contributed by atoms with van der Waals surface area (Å²) in [4.78, 5) is 26.8. The van der Waals surface area contributed by atoms with Gasteiger partial charge in [-0.3, -0.25) is 4.79 Å². The average Bonchev–Trinajstić information content (AvgIpc) is 2.98. The zero-order valence-electron chi connectivity index (χ0n) is 12.3. The molecule has 23 heavy (non-hydrogen) atoms. The SMILES string of the molecule is O=C(N[C@@H](Cc1c[nH]c2ccccc12)C(=O)O)c1ccccc1. The van der Waals surface area contributed by atoms with E-state index in [1.165, 1.54) is 0 Å². The van der Waals surface area contributed by atoms with Crippen molar-refractivity contribution in [2.24, 2.45) is 0 Å². The van der Waals surface area contributed by atoms with Crippen molar-refractivity contribution in [3.05, 3.63) is 71.9 Å². The van der Waals surface area contributed by atoms with Gasteiger partial charge < -0.3 is 15.4 Å². The minimum Gasteiger partial charge on any atom is -0.480 e. The Labute approximate surface area is 133 Å². The molecule has 0 aliphatic carbocycles. The van der Waals surface area contributed by atoms with Crippen LogP contribution in [0.25, 0.3) is 10.9 Å². The molecule has 3 rings (SSSR count). The predicted octanol–water partition coefficient (Wildman–Crippen LogP) is 2.59. The molecule has 1 heterocycles. The van der Waals surface area contributed by atoms with Crippen molar-refractivity contribution in [3.63, 3.8) is 0 Å². The molecule has 0 saturated carbocycles. The van der Waals surface area contributed by atoms with Crippen LogP contribution in [0.15, 0.2) is 60.8 Å². The first kappa shape index (κ1) is 14.8. The summed E-state index contributed by atoms with van der Waals surface area (Å²) in [6.07, 6.45) is 2.01. The molecule has 0 unspecified atom stereocenters. The van der Waals surface area contributed by atoms with Crippen molar-refractivity contribution in [2.45, 2.75) is 12.5 Å². The Morgan fingerprint density at radius 3 is 2.48 bits per heavy atom. The van der Waals surface area contributed by atoms with E-state index < -0.39 is 17.9 Å². The van der Waals surface area contributed by atoms with Crippen molar-refractivity contribution < 1.29 is 14.7 Å². The van der Waals surface area contributed by atoms with Crippen LogP contribution in [0.5, 0.6) is 0 Å². The third kappa shape index (κ3) is 3.23. The van der Waals surface area contributed by atoms with E-state index in [1.54, 1.807) is 36.5 Å². The summed E-state index contributed by atoms with van der Waals surface area (Å²) in [6.45, 7) is 0. The van der Waals surface area contributed by atoms with Gasteiger partial charge in [-0.1, -0.05) is 36.4 Å². The van der Waals surface area contributed by atoms with E-state index in [-0.39, 0.29) is 6.42 Å². The predicted molar refractivity (Wildman–Crippen MR) is 87.3 cm³/mol. The smallest absolute Gasteiger partial charge is 0.326 e. The largest absolute Gasteiger partial charge is 0.480 e. The Balaban J connectivity index is 1.80. The fourth-order valence-electron chi connectivity index (χ4n) is 2.55. The highest BCUT2D eigenvalue weighted by atomic mass is 16.4. The lowest BCUT2D eigenvalue weighted by molar-refractivity contribution is -0.139. The van der Waals surface area contributed by atoms with Crippen molar-refractivity contribution in [2.75, 3.05) is 0 Å². The van der Waals surface area contributed by atoms with Crippen LogP contribution in [-0.4, -0.2) is 28.0 Å². The fraction of sp³-hybridized carbons (Fsp3) is 0.111. The number of para-hydroxylation sites is 1. The molecule has 0 bridgehead atoms. The first-order valence-corrected chi connectivity index (χ1v) is 7.29. The topological polar surface area (TPSA) is 82.2 Å². The number of amides is 1. The normalized spacial score (nSPS) is 12.0. The third-order valence-electron chi connectivity index (χ3n) is 3.74. The number of carbonyl (C=O) groups is 2. The Morgan fingerprint density at radius 1 is 1.04 bits per heavy atom. The van der Waals surface area contributed by atoms with Crippen molar-refractivity contribution in [1.82, 2.24) is 10.3 Å². The summed E-state index contributed by atoms with van der Waals surface area (Å²) in [6, 6.07) is 15.3.